The van der Waals surface area contributed by atoms with Crippen LogP contribution in [0, 0.1) is 0 Å². The summed E-state index contributed by atoms with van der Waals surface area (Å²) < 4.78 is 10.5. The van der Waals surface area contributed by atoms with Gasteiger partial charge in [0.2, 0.25) is 0 Å². The van der Waals surface area contributed by atoms with Crippen LogP contribution in [0.4, 0.5) is 0 Å². The van der Waals surface area contributed by atoms with Crippen LogP contribution in [0.25, 0.3) is 11.6 Å². The first-order valence-corrected chi connectivity index (χ1v) is 7.11. The Bertz CT molecular complexity index is 734. The SMILES string of the molecule is CCOc1cc(C=C(C(=O)O)c2ccccc2OC)ccc1O. The molecular weight excluding hydrogens is 296 g/mol. The minimum atomic E-state index is -1.07. The lowest BCUT2D eigenvalue weighted by Crippen LogP contribution is -2.02. The number of ether oxygens (including phenoxy) is 2. The third-order valence-corrected chi connectivity index (χ3v) is 3.22. The second kappa shape index (κ2) is 7.35. The van der Waals surface area contributed by atoms with E-state index in [1.807, 2.05) is 0 Å². The van der Waals surface area contributed by atoms with Gasteiger partial charge in [0, 0.05) is 5.56 Å². The van der Waals surface area contributed by atoms with Crippen LogP contribution in [0.2, 0.25) is 0 Å². The molecule has 0 saturated carbocycles. The van der Waals surface area contributed by atoms with Crippen LogP contribution in [0.15, 0.2) is 42.5 Å². The highest BCUT2D eigenvalue weighted by atomic mass is 16.5. The van der Waals surface area contributed by atoms with Crippen molar-refractivity contribution in [1.82, 2.24) is 0 Å². The number of carbonyl (C=O) groups is 1. The van der Waals surface area contributed by atoms with E-state index in [0.717, 1.165) is 0 Å². The Kier molecular flexibility index (Phi) is 5.25. The summed E-state index contributed by atoms with van der Waals surface area (Å²) >= 11 is 0. The number of hydrogen-bond donors (Lipinski definition) is 2. The van der Waals surface area contributed by atoms with E-state index in [2.05, 4.69) is 0 Å². The van der Waals surface area contributed by atoms with E-state index in [4.69, 9.17) is 9.47 Å². The third kappa shape index (κ3) is 3.83. The Labute approximate surface area is 134 Å². The molecule has 2 aromatic carbocycles. The molecule has 0 amide bonds. The van der Waals surface area contributed by atoms with Gasteiger partial charge in [-0.15, -0.1) is 0 Å². The van der Waals surface area contributed by atoms with Crippen LogP contribution in [0.1, 0.15) is 18.1 Å². The number of rotatable bonds is 6. The Balaban J connectivity index is 2.52. The predicted molar refractivity (Wildman–Crippen MR) is 87.8 cm³/mol. The lowest BCUT2D eigenvalue weighted by atomic mass is 10.0. The maximum Gasteiger partial charge on any atom is 0.336 e. The third-order valence-electron chi connectivity index (χ3n) is 3.22. The second-order valence-electron chi connectivity index (χ2n) is 4.72. The van der Waals surface area contributed by atoms with Gasteiger partial charge in [-0.25, -0.2) is 4.79 Å². The molecule has 0 aliphatic heterocycles. The highest BCUT2D eigenvalue weighted by Crippen LogP contribution is 2.31. The van der Waals surface area contributed by atoms with E-state index in [0.29, 0.717) is 29.2 Å². The molecule has 120 valence electrons. The van der Waals surface area contributed by atoms with Crippen molar-refractivity contribution in [3.05, 3.63) is 53.6 Å². The molecule has 0 aromatic heterocycles. The number of phenols is 1. The monoisotopic (exact) mass is 314 g/mol. The molecule has 0 heterocycles. The van der Waals surface area contributed by atoms with Crippen molar-refractivity contribution in [3.63, 3.8) is 0 Å². The number of aromatic hydroxyl groups is 1. The van der Waals surface area contributed by atoms with Crippen molar-refractivity contribution in [2.24, 2.45) is 0 Å². The molecule has 2 rings (SSSR count). The van der Waals surface area contributed by atoms with Crippen LogP contribution in [0.5, 0.6) is 17.2 Å². The van der Waals surface area contributed by atoms with Crippen molar-refractivity contribution in [1.29, 1.82) is 0 Å². The van der Waals surface area contributed by atoms with Gasteiger partial charge in [-0.05, 0) is 36.8 Å². The van der Waals surface area contributed by atoms with Gasteiger partial charge in [0.15, 0.2) is 11.5 Å². The molecule has 0 aliphatic rings. The molecule has 0 fully saturated rings. The summed E-state index contributed by atoms with van der Waals surface area (Å²) in [5.74, 6) is -0.269. The first-order chi connectivity index (χ1) is 11.1. The Morgan fingerprint density at radius 3 is 2.57 bits per heavy atom. The average molecular weight is 314 g/mol. The van der Waals surface area contributed by atoms with Crippen LogP contribution in [-0.4, -0.2) is 29.9 Å². The van der Waals surface area contributed by atoms with Crippen LogP contribution in [-0.2, 0) is 4.79 Å². The number of hydrogen-bond acceptors (Lipinski definition) is 4. The fraction of sp³-hybridized carbons (Fsp3) is 0.167. The zero-order chi connectivity index (χ0) is 16.8. The molecule has 5 heteroatoms. The van der Waals surface area contributed by atoms with Crippen molar-refractivity contribution in [2.75, 3.05) is 13.7 Å². The summed E-state index contributed by atoms with van der Waals surface area (Å²) in [5, 5.41) is 19.3. The van der Waals surface area contributed by atoms with Gasteiger partial charge in [0.25, 0.3) is 0 Å². The number of para-hydroxylation sites is 1. The number of carboxylic acids is 1. The Morgan fingerprint density at radius 1 is 1.17 bits per heavy atom. The topological polar surface area (TPSA) is 76.0 Å². The van der Waals surface area contributed by atoms with Gasteiger partial charge in [0.05, 0.1) is 19.3 Å². The number of aliphatic carboxylic acids is 1. The van der Waals surface area contributed by atoms with Gasteiger partial charge < -0.3 is 19.7 Å². The van der Waals surface area contributed by atoms with Crippen molar-refractivity contribution in [2.45, 2.75) is 6.92 Å². The molecule has 0 atom stereocenters. The molecule has 0 unspecified atom stereocenters. The molecule has 2 aromatic rings. The lowest BCUT2D eigenvalue weighted by Gasteiger charge is -2.10. The van der Waals surface area contributed by atoms with Crippen LogP contribution in [0.3, 0.4) is 0 Å². The fourth-order valence-electron chi connectivity index (χ4n) is 2.18. The minimum Gasteiger partial charge on any atom is -0.504 e. The zero-order valence-corrected chi connectivity index (χ0v) is 12.9. The van der Waals surface area contributed by atoms with E-state index >= 15 is 0 Å². The molecule has 0 spiro atoms. The maximum absolute atomic E-state index is 11.6. The predicted octanol–water partition coefficient (Wildman–Crippen LogP) is 3.42. The first-order valence-electron chi connectivity index (χ1n) is 7.11. The highest BCUT2D eigenvalue weighted by molar-refractivity contribution is 6.21. The summed E-state index contributed by atoms with van der Waals surface area (Å²) in [6.07, 6.45) is 1.52. The van der Waals surface area contributed by atoms with Gasteiger partial charge in [-0.3, -0.25) is 0 Å². The number of phenolic OH excluding ortho intramolecular Hbond substituents is 1. The smallest absolute Gasteiger partial charge is 0.336 e. The molecule has 0 radical (unpaired) electrons. The zero-order valence-electron chi connectivity index (χ0n) is 12.9. The standard InChI is InChI=1S/C18H18O5/c1-3-23-17-11-12(8-9-15(17)19)10-14(18(20)21)13-6-4-5-7-16(13)22-2/h4-11,19H,3H2,1-2H3,(H,20,21). The van der Waals surface area contributed by atoms with Gasteiger partial charge in [0.1, 0.15) is 5.75 Å². The summed E-state index contributed by atoms with van der Waals surface area (Å²) in [7, 11) is 1.49. The molecule has 23 heavy (non-hydrogen) atoms. The summed E-state index contributed by atoms with van der Waals surface area (Å²) in [6.45, 7) is 2.21. The van der Waals surface area contributed by atoms with Crippen molar-refractivity contribution in [3.8, 4) is 17.2 Å². The van der Waals surface area contributed by atoms with Gasteiger partial charge in [-0.2, -0.15) is 0 Å². The highest BCUT2D eigenvalue weighted by Gasteiger charge is 2.15. The Morgan fingerprint density at radius 2 is 1.91 bits per heavy atom. The van der Waals surface area contributed by atoms with E-state index in [9.17, 15) is 15.0 Å². The second-order valence-corrected chi connectivity index (χ2v) is 4.72. The normalized spacial score (nSPS) is 11.1. The average Bonchev–Trinajstić information content (AvgIpc) is 2.55. The van der Waals surface area contributed by atoms with E-state index < -0.39 is 5.97 Å². The van der Waals surface area contributed by atoms with Crippen LogP contribution < -0.4 is 9.47 Å². The molecule has 5 nitrogen and oxygen atoms in total. The van der Waals surface area contributed by atoms with Gasteiger partial charge >= 0.3 is 5.97 Å². The minimum absolute atomic E-state index is 0.0122. The Hall–Kier alpha value is -2.95. The van der Waals surface area contributed by atoms with E-state index in [1.165, 1.54) is 19.3 Å². The summed E-state index contributed by atoms with van der Waals surface area (Å²) in [4.78, 5) is 11.6. The van der Waals surface area contributed by atoms with Crippen molar-refractivity contribution >= 4 is 17.6 Å². The van der Waals surface area contributed by atoms with Crippen LogP contribution >= 0.6 is 0 Å². The first kappa shape index (κ1) is 16.4. The van der Waals surface area contributed by atoms with E-state index in [-0.39, 0.29) is 11.3 Å². The number of carboxylic acid groups (broad SMARTS) is 1. The number of benzene rings is 2. The molecular formula is C18H18O5. The quantitative estimate of drug-likeness (QED) is 0.631. The maximum atomic E-state index is 11.6. The fourth-order valence-corrected chi connectivity index (χ4v) is 2.18. The van der Waals surface area contributed by atoms with Gasteiger partial charge in [-0.1, -0.05) is 24.3 Å². The summed E-state index contributed by atoms with van der Waals surface area (Å²) in [6, 6.07) is 11.6. The molecule has 2 N–H and O–H groups in total. The molecule has 0 aliphatic carbocycles. The lowest BCUT2D eigenvalue weighted by molar-refractivity contribution is -0.130. The summed E-state index contributed by atoms with van der Waals surface area (Å²) in [5.41, 5.74) is 1.18. The molecule has 0 saturated heterocycles. The van der Waals surface area contributed by atoms with E-state index in [1.54, 1.807) is 43.3 Å². The number of methoxy groups -OCH3 is 1. The van der Waals surface area contributed by atoms with Crippen molar-refractivity contribution < 1.29 is 24.5 Å². The molecule has 0 bridgehead atoms. The largest absolute Gasteiger partial charge is 0.504 e.